The van der Waals surface area contributed by atoms with Crippen molar-refractivity contribution in [2.75, 3.05) is 6.54 Å². The number of likely N-dealkylation sites (tertiary alicyclic amines) is 1. The third kappa shape index (κ3) is 2.58. The number of carboxylic acids is 1. The van der Waals surface area contributed by atoms with Crippen molar-refractivity contribution in [3.63, 3.8) is 0 Å². The first-order valence-electron chi connectivity index (χ1n) is 6.48. The quantitative estimate of drug-likeness (QED) is 0.640. The van der Waals surface area contributed by atoms with Crippen LogP contribution in [0.5, 0.6) is 0 Å². The third-order valence-electron chi connectivity index (χ3n) is 3.86. The Morgan fingerprint density at radius 1 is 1.57 bits per heavy atom. The summed E-state index contributed by atoms with van der Waals surface area (Å²) in [6, 6.07) is 0. The van der Waals surface area contributed by atoms with Gasteiger partial charge in [0.05, 0.1) is 0 Å². The minimum atomic E-state index is -1.21. The normalized spacial score (nSPS) is 21.5. The van der Waals surface area contributed by atoms with Gasteiger partial charge in [0, 0.05) is 13.5 Å². The standard InChI is InChI=1S/C12H16N4O5/c1-8-13-9(16(20)21)6-14(8)7-10(17)15-5-3-4-12(15,2)11(18)19/h6H,3-5,7H2,1-2H3,(H,18,19). The zero-order chi connectivity index (χ0) is 15.8. The fraction of sp³-hybridized carbons (Fsp3) is 0.583. The van der Waals surface area contributed by atoms with Crippen LogP contribution < -0.4 is 0 Å². The Labute approximate surface area is 120 Å². The first-order valence-corrected chi connectivity index (χ1v) is 6.48. The Morgan fingerprint density at radius 2 is 2.24 bits per heavy atom. The van der Waals surface area contributed by atoms with Gasteiger partial charge in [0.2, 0.25) is 11.7 Å². The molecule has 2 rings (SSSR count). The highest BCUT2D eigenvalue weighted by Crippen LogP contribution is 2.29. The molecule has 0 bridgehead atoms. The molecule has 1 fully saturated rings. The number of carboxylic acid groups (broad SMARTS) is 1. The fourth-order valence-corrected chi connectivity index (χ4v) is 2.56. The van der Waals surface area contributed by atoms with E-state index in [1.807, 2.05) is 0 Å². The van der Waals surface area contributed by atoms with E-state index in [9.17, 15) is 24.8 Å². The number of aryl methyl sites for hydroxylation is 1. The smallest absolute Gasteiger partial charge is 0.381 e. The molecule has 0 aromatic carbocycles. The molecule has 1 aromatic rings. The number of carbonyl (C=O) groups is 2. The Morgan fingerprint density at radius 3 is 2.76 bits per heavy atom. The van der Waals surface area contributed by atoms with Gasteiger partial charge in [-0.3, -0.25) is 9.36 Å². The largest absolute Gasteiger partial charge is 0.480 e. The van der Waals surface area contributed by atoms with Gasteiger partial charge in [0.15, 0.2) is 0 Å². The molecule has 1 aliphatic heterocycles. The van der Waals surface area contributed by atoms with E-state index in [2.05, 4.69) is 4.98 Å². The van der Waals surface area contributed by atoms with Gasteiger partial charge in [0.25, 0.3) is 0 Å². The molecular formula is C12H16N4O5. The zero-order valence-electron chi connectivity index (χ0n) is 11.8. The number of carbonyl (C=O) groups excluding carboxylic acids is 1. The van der Waals surface area contributed by atoms with Gasteiger partial charge in [-0.1, -0.05) is 0 Å². The van der Waals surface area contributed by atoms with E-state index in [-0.39, 0.29) is 18.3 Å². The highest BCUT2D eigenvalue weighted by molar-refractivity contribution is 5.87. The minimum absolute atomic E-state index is 0.157. The average molecular weight is 296 g/mol. The van der Waals surface area contributed by atoms with Crippen molar-refractivity contribution >= 4 is 17.7 Å². The lowest BCUT2D eigenvalue weighted by Crippen LogP contribution is -2.51. The zero-order valence-corrected chi connectivity index (χ0v) is 11.8. The topological polar surface area (TPSA) is 119 Å². The number of nitrogens with zero attached hydrogens (tertiary/aromatic N) is 4. The molecule has 1 aromatic heterocycles. The number of amides is 1. The monoisotopic (exact) mass is 296 g/mol. The van der Waals surface area contributed by atoms with Crippen LogP contribution in [0.2, 0.25) is 0 Å². The van der Waals surface area contributed by atoms with Crippen LogP contribution >= 0.6 is 0 Å². The van der Waals surface area contributed by atoms with Crippen molar-refractivity contribution in [3.05, 3.63) is 22.1 Å². The molecule has 1 saturated heterocycles. The van der Waals surface area contributed by atoms with Gasteiger partial charge in [-0.2, -0.15) is 0 Å². The number of rotatable bonds is 4. The van der Waals surface area contributed by atoms with Gasteiger partial charge in [-0.05, 0) is 29.7 Å². The van der Waals surface area contributed by atoms with Gasteiger partial charge in [-0.15, -0.1) is 0 Å². The maximum absolute atomic E-state index is 12.3. The van der Waals surface area contributed by atoms with Crippen molar-refractivity contribution in [2.24, 2.45) is 0 Å². The van der Waals surface area contributed by atoms with Crippen molar-refractivity contribution in [2.45, 2.75) is 38.8 Å². The lowest BCUT2D eigenvalue weighted by atomic mass is 9.99. The van der Waals surface area contributed by atoms with Crippen LogP contribution in [0.25, 0.3) is 0 Å². The van der Waals surface area contributed by atoms with Crippen molar-refractivity contribution in [1.82, 2.24) is 14.5 Å². The van der Waals surface area contributed by atoms with Gasteiger partial charge in [0.1, 0.15) is 18.3 Å². The second kappa shape index (κ2) is 5.15. The number of hydrogen-bond acceptors (Lipinski definition) is 5. The predicted molar refractivity (Wildman–Crippen MR) is 70.6 cm³/mol. The molecule has 9 heteroatoms. The summed E-state index contributed by atoms with van der Waals surface area (Å²) in [5, 5.41) is 19.9. The summed E-state index contributed by atoms with van der Waals surface area (Å²) >= 11 is 0. The summed E-state index contributed by atoms with van der Waals surface area (Å²) in [6.45, 7) is 3.29. The lowest BCUT2D eigenvalue weighted by molar-refractivity contribution is -0.389. The number of imidazole rings is 1. The summed E-state index contributed by atoms with van der Waals surface area (Å²) in [5.41, 5.74) is -1.21. The van der Waals surface area contributed by atoms with E-state index < -0.39 is 16.4 Å². The van der Waals surface area contributed by atoms with E-state index in [1.165, 1.54) is 22.6 Å². The summed E-state index contributed by atoms with van der Waals surface area (Å²) in [4.78, 5) is 38.7. The van der Waals surface area contributed by atoms with Gasteiger partial charge < -0.3 is 20.1 Å². The van der Waals surface area contributed by atoms with Crippen LogP contribution in [-0.2, 0) is 16.1 Å². The second-order valence-electron chi connectivity index (χ2n) is 5.26. The molecular weight excluding hydrogens is 280 g/mol. The van der Waals surface area contributed by atoms with Gasteiger partial charge in [-0.25, -0.2) is 4.79 Å². The average Bonchev–Trinajstić information content (AvgIpc) is 2.95. The predicted octanol–water partition coefficient (Wildman–Crippen LogP) is 0.565. The molecule has 0 saturated carbocycles. The minimum Gasteiger partial charge on any atom is -0.480 e. The summed E-state index contributed by atoms with van der Waals surface area (Å²) in [5.74, 6) is -1.41. The van der Waals surface area contributed by atoms with Crippen LogP contribution in [-0.4, -0.2) is 48.4 Å². The maximum atomic E-state index is 12.3. The molecule has 1 N–H and O–H groups in total. The van der Waals surface area contributed by atoms with Crippen LogP contribution in [0, 0.1) is 17.0 Å². The molecule has 114 valence electrons. The summed E-state index contributed by atoms with van der Waals surface area (Å²) in [6.07, 6.45) is 2.20. The molecule has 21 heavy (non-hydrogen) atoms. The molecule has 0 aliphatic carbocycles. The number of aromatic nitrogens is 2. The molecule has 9 nitrogen and oxygen atoms in total. The Hall–Kier alpha value is -2.45. The van der Waals surface area contributed by atoms with E-state index in [0.717, 1.165) is 0 Å². The molecule has 0 spiro atoms. The number of hydrogen-bond donors (Lipinski definition) is 1. The van der Waals surface area contributed by atoms with Crippen LogP contribution in [0.15, 0.2) is 6.20 Å². The first-order chi connectivity index (χ1) is 9.75. The lowest BCUT2D eigenvalue weighted by Gasteiger charge is -2.31. The Balaban J connectivity index is 2.18. The van der Waals surface area contributed by atoms with E-state index >= 15 is 0 Å². The maximum Gasteiger partial charge on any atom is 0.381 e. The van der Waals surface area contributed by atoms with Crippen molar-refractivity contribution in [3.8, 4) is 0 Å². The first kappa shape index (κ1) is 14.9. The van der Waals surface area contributed by atoms with Crippen LogP contribution in [0.1, 0.15) is 25.6 Å². The van der Waals surface area contributed by atoms with E-state index in [4.69, 9.17) is 0 Å². The highest BCUT2D eigenvalue weighted by Gasteiger charge is 2.45. The fourth-order valence-electron chi connectivity index (χ4n) is 2.56. The molecule has 1 amide bonds. The van der Waals surface area contributed by atoms with Crippen molar-refractivity contribution < 1.29 is 19.6 Å². The third-order valence-corrected chi connectivity index (χ3v) is 3.86. The highest BCUT2D eigenvalue weighted by atomic mass is 16.6. The van der Waals surface area contributed by atoms with Crippen LogP contribution in [0.4, 0.5) is 5.82 Å². The number of nitro groups is 1. The van der Waals surface area contributed by atoms with E-state index in [0.29, 0.717) is 25.2 Å². The second-order valence-corrected chi connectivity index (χ2v) is 5.26. The summed E-state index contributed by atoms with van der Waals surface area (Å²) < 4.78 is 1.36. The molecule has 0 radical (unpaired) electrons. The number of aliphatic carboxylic acids is 1. The van der Waals surface area contributed by atoms with Crippen LogP contribution in [0.3, 0.4) is 0 Å². The molecule has 1 aliphatic rings. The molecule has 1 atom stereocenters. The van der Waals surface area contributed by atoms with Gasteiger partial charge >= 0.3 is 11.8 Å². The van der Waals surface area contributed by atoms with E-state index in [1.54, 1.807) is 6.92 Å². The molecule has 2 heterocycles. The Bertz CT molecular complexity index is 611. The van der Waals surface area contributed by atoms with Crippen molar-refractivity contribution in [1.29, 1.82) is 0 Å². The Kier molecular flexibility index (Phi) is 3.67. The summed E-state index contributed by atoms with van der Waals surface area (Å²) in [7, 11) is 0. The SMILES string of the molecule is Cc1nc([N+](=O)[O-])cn1CC(=O)N1CCCC1(C)C(=O)O. The molecule has 1 unspecified atom stereocenters.